The van der Waals surface area contributed by atoms with Gasteiger partial charge in [0, 0.05) is 25.9 Å². The van der Waals surface area contributed by atoms with Crippen molar-refractivity contribution in [1.82, 2.24) is 15.1 Å². The van der Waals surface area contributed by atoms with Gasteiger partial charge in [-0.25, -0.2) is 13.1 Å². The molecule has 0 saturated heterocycles. The molecule has 1 amide bonds. The smallest absolute Gasteiger partial charge is 0.271 e. The first-order valence-electron chi connectivity index (χ1n) is 6.49. The molecule has 7 nitrogen and oxygen atoms in total. The van der Waals surface area contributed by atoms with Crippen LogP contribution in [0.2, 0.25) is 5.02 Å². The molecule has 2 rings (SSSR count). The maximum atomic E-state index is 12.0. The molecule has 1 aromatic carbocycles. The zero-order chi connectivity index (χ0) is 17.2. The van der Waals surface area contributed by atoms with Gasteiger partial charge in [-0.15, -0.1) is 0 Å². The average molecular weight is 356 g/mol. The molecule has 0 atom stereocenters. The molecule has 122 valence electrons. The molecule has 1 N–H and O–H groups in total. The maximum absolute atomic E-state index is 12.0. The molecule has 1 aromatic heterocycles. The van der Waals surface area contributed by atoms with Crippen LogP contribution < -0.4 is 10.9 Å². The number of nitrogens with one attached hydrogen (secondary N) is 1. The molecular formula is C14H14ClN3O4S. The van der Waals surface area contributed by atoms with E-state index in [9.17, 15) is 18.0 Å². The van der Waals surface area contributed by atoms with Gasteiger partial charge in [0.1, 0.15) is 5.69 Å². The van der Waals surface area contributed by atoms with E-state index in [1.54, 1.807) is 6.07 Å². The molecule has 0 aliphatic rings. The number of sulfone groups is 1. The number of halogens is 1. The van der Waals surface area contributed by atoms with Gasteiger partial charge in [-0.1, -0.05) is 17.7 Å². The maximum Gasteiger partial charge on any atom is 0.271 e. The summed E-state index contributed by atoms with van der Waals surface area (Å²) < 4.78 is 24.0. The zero-order valence-corrected chi connectivity index (χ0v) is 14.0. The Labute approximate surface area is 137 Å². The Morgan fingerprint density at radius 2 is 2.00 bits per heavy atom. The van der Waals surface area contributed by atoms with Crippen molar-refractivity contribution < 1.29 is 13.2 Å². The molecule has 2 aromatic rings. The van der Waals surface area contributed by atoms with Crippen molar-refractivity contribution in [3.63, 3.8) is 0 Å². The van der Waals surface area contributed by atoms with E-state index in [-0.39, 0.29) is 27.7 Å². The second-order valence-corrected chi connectivity index (χ2v) is 7.29. The summed E-state index contributed by atoms with van der Waals surface area (Å²) in [5.74, 6) is -0.455. The first-order valence-corrected chi connectivity index (χ1v) is 8.76. The largest absolute Gasteiger partial charge is 0.347 e. The molecular weight excluding hydrogens is 342 g/mol. The number of carbonyl (C=O) groups is 1. The minimum absolute atomic E-state index is 0.0361. The van der Waals surface area contributed by atoms with Crippen LogP contribution >= 0.6 is 11.6 Å². The SMILES string of the molecule is Cn1nc(C(=O)NCc2ccc(S(C)(=O)=O)c(Cl)c2)ccc1=O. The lowest BCUT2D eigenvalue weighted by Crippen LogP contribution is -2.28. The van der Waals surface area contributed by atoms with Crippen LogP contribution in [0.25, 0.3) is 0 Å². The average Bonchev–Trinajstić information content (AvgIpc) is 2.46. The Balaban J connectivity index is 2.11. The molecule has 1 heterocycles. The van der Waals surface area contributed by atoms with Crippen LogP contribution in [0.4, 0.5) is 0 Å². The van der Waals surface area contributed by atoms with E-state index in [0.717, 1.165) is 10.9 Å². The highest BCUT2D eigenvalue weighted by Crippen LogP contribution is 2.22. The van der Waals surface area contributed by atoms with E-state index in [2.05, 4.69) is 10.4 Å². The predicted molar refractivity (Wildman–Crippen MR) is 85.2 cm³/mol. The monoisotopic (exact) mass is 355 g/mol. The van der Waals surface area contributed by atoms with Crippen LogP contribution in [0, 0.1) is 0 Å². The van der Waals surface area contributed by atoms with Crippen molar-refractivity contribution in [2.45, 2.75) is 11.4 Å². The Bertz CT molecular complexity index is 922. The van der Waals surface area contributed by atoms with Crippen molar-refractivity contribution in [1.29, 1.82) is 0 Å². The molecule has 0 radical (unpaired) electrons. The van der Waals surface area contributed by atoms with Gasteiger partial charge in [-0.2, -0.15) is 5.10 Å². The number of nitrogens with zero attached hydrogens (tertiary/aromatic N) is 2. The predicted octanol–water partition coefficient (Wildman–Crippen LogP) is 0.767. The van der Waals surface area contributed by atoms with Gasteiger partial charge in [0.05, 0.1) is 9.92 Å². The summed E-state index contributed by atoms with van der Waals surface area (Å²) in [6.45, 7) is 0.146. The highest BCUT2D eigenvalue weighted by Gasteiger charge is 2.13. The number of benzene rings is 1. The lowest BCUT2D eigenvalue weighted by Gasteiger charge is -2.08. The quantitative estimate of drug-likeness (QED) is 0.873. The third kappa shape index (κ3) is 4.17. The Morgan fingerprint density at radius 1 is 1.30 bits per heavy atom. The van der Waals surface area contributed by atoms with Crippen molar-refractivity contribution in [3.8, 4) is 0 Å². The van der Waals surface area contributed by atoms with Crippen LogP contribution in [-0.4, -0.2) is 30.4 Å². The zero-order valence-electron chi connectivity index (χ0n) is 12.4. The summed E-state index contributed by atoms with van der Waals surface area (Å²) in [4.78, 5) is 23.2. The van der Waals surface area contributed by atoms with Gasteiger partial charge in [-0.05, 0) is 23.8 Å². The molecule has 9 heteroatoms. The number of amides is 1. The van der Waals surface area contributed by atoms with E-state index in [0.29, 0.717) is 5.56 Å². The summed E-state index contributed by atoms with van der Waals surface area (Å²) in [6, 6.07) is 7.02. The van der Waals surface area contributed by atoms with Crippen molar-refractivity contribution in [2.24, 2.45) is 7.05 Å². The third-order valence-corrected chi connectivity index (χ3v) is 4.62. The molecule has 0 spiro atoms. The van der Waals surface area contributed by atoms with Crippen molar-refractivity contribution in [3.05, 3.63) is 57.0 Å². The first kappa shape index (κ1) is 17.2. The van der Waals surface area contributed by atoms with Gasteiger partial charge < -0.3 is 5.32 Å². The van der Waals surface area contributed by atoms with E-state index in [1.165, 1.54) is 31.3 Å². The summed E-state index contributed by atoms with van der Waals surface area (Å²) in [5, 5.41) is 6.55. The van der Waals surface area contributed by atoms with Gasteiger partial charge in [0.25, 0.3) is 11.5 Å². The van der Waals surface area contributed by atoms with Crippen LogP contribution in [-0.2, 0) is 23.4 Å². The fourth-order valence-corrected chi connectivity index (χ4v) is 3.20. The highest BCUT2D eigenvalue weighted by molar-refractivity contribution is 7.90. The summed E-state index contributed by atoms with van der Waals surface area (Å²) >= 11 is 5.94. The van der Waals surface area contributed by atoms with Gasteiger partial charge in [-0.3, -0.25) is 9.59 Å². The summed E-state index contributed by atoms with van der Waals surface area (Å²) in [5.41, 5.74) is 0.427. The van der Waals surface area contributed by atoms with Gasteiger partial charge in [0.2, 0.25) is 0 Å². The Kier molecular flexibility index (Phi) is 4.86. The molecule has 0 unspecified atom stereocenters. The van der Waals surface area contributed by atoms with Crippen molar-refractivity contribution >= 4 is 27.3 Å². The second kappa shape index (κ2) is 6.51. The van der Waals surface area contributed by atoms with E-state index < -0.39 is 15.7 Å². The first-order chi connectivity index (χ1) is 10.7. The molecule has 0 saturated carbocycles. The lowest BCUT2D eigenvalue weighted by atomic mass is 10.2. The number of hydrogen-bond acceptors (Lipinski definition) is 5. The fourth-order valence-electron chi connectivity index (χ4n) is 1.85. The standard InChI is InChI=1S/C14H14ClN3O4S/c1-18-13(19)6-4-11(17-18)14(20)16-8-9-3-5-12(10(15)7-9)23(2,21)22/h3-7H,8H2,1-2H3,(H,16,20). The van der Waals surface area contributed by atoms with Crippen LogP contribution in [0.5, 0.6) is 0 Å². The Morgan fingerprint density at radius 3 is 2.57 bits per heavy atom. The number of carbonyl (C=O) groups excluding carboxylic acids is 1. The molecule has 0 fully saturated rings. The third-order valence-electron chi connectivity index (χ3n) is 3.04. The fraction of sp³-hybridized carbons (Fsp3) is 0.214. The Hall–Kier alpha value is -2.19. The van der Waals surface area contributed by atoms with E-state index in [4.69, 9.17) is 11.6 Å². The number of hydrogen-bond donors (Lipinski definition) is 1. The lowest BCUT2D eigenvalue weighted by molar-refractivity contribution is 0.0943. The van der Waals surface area contributed by atoms with Crippen LogP contribution in [0.3, 0.4) is 0 Å². The topological polar surface area (TPSA) is 98.1 Å². The number of aromatic nitrogens is 2. The van der Waals surface area contributed by atoms with E-state index in [1.807, 2.05) is 0 Å². The minimum atomic E-state index is -3.40. The molecule has 0 aliphatic heterocycles. The second-order valence-electron chi connectivity index (χ2n) is 4.90. The summed E-state index contributed by atoms with van der Waals surface area (Å²) in [6.07, 6.45) is 1.07. The number of rotatable bonds is 4. The number of aryl methyl sites for hydroxylation is 1. The molecule has 0 bridgehead atoms. The van der Waals surface area contributed by atoms with Crippen LogP contribution in [0.1, 0.15) is 16.1 Å². The highest BCUT2D eigenvalue weighted by atomic mass is 35.5. The summed E-state index contributed by atoms with van der Waals surface area (Å²) in [7, 11) is -1.95. The minimum Gasteiger partial charge on any atom is -0.347 e. The normalized spacial score (nSPS) is 11.3. The van der Waals surface area contributed by atoms with Gasteiger partial charge in [0.15, 0.2) is 9.84 Å². The van der Waals surface area contributed by atoms with Crippen molar-refractivity contribution in [2.75, 3.05) is 6.26 Å². The van der Waals surface area contributed by atoms with E-state index >= 15 is 0 Å². The van der Waals surface area contributed by atoms with Gasteiger partial charge >= 0.3 is 0 Å². The van der Waals surface area contributed by atoms with Crippen LogP contribution in [0.15, 0.2) is 40.0 Å². The molecule has 0 aliphatic carbocycles. The molecule has 23 heavy (non-hydrogen) atoms.